The van der Waals surface area contributed by atoms with Crippen molar-refractivity contribution in [3.8, 4) is 0 Å². The molecule has 3 atom stereocenters. The number of rotatable bonds is 6. The fraction of sp³-hybridized carbons (Fsp3) is 0.562. The first-order valence-corrected chi connectivity index (χ1v) is 8.70. The number of nitrogens with one attached hydrogen (secondary N) is 1. The van der Waals surface area contributed by atoms with Crippen LogP contribution >= 0.6 is 11.8 Å². The monoisotopic (exact) mass is 292 g/mol. The van der Waals surface area contributed by atoms with Crippen LogP contribution in [0.1, 0.15) is 38.4 Å². The number of hydrogen-bond donors (Lipinski definition) is 1. The number of carbonyl (C=O) groups excluding carboxylic acids is 1. The predicted octanol–water partition coefficient (Wildman–Crippen LogP) is 3.04. The van der Waals surface area contributed by atoms with E-state index in [0.29, 0.717) is 0 Å². The summed E-state index contributed by atoms with van der Waals surface area (Å²) >= 11 is 1.79. The van der Waals surface area contributed by atoms with Crippen molar-refractivity contribution >= 4 is 17.7 Å². The highest BCUT2D eigenvalue weighted by molar-refractivity contribution is 7.98. The molecule has 3 unspecified atom stereocenters. The van der Waals surface area contributed by atoms with Gasteiger partial charge in [0.15, 0.2) is 0 Å². The SMILES string of the molecule is CCCC1NC(c2ccccc2)N(C(C)CSC)C1=O. The van der Waals surface area contributed by atoms with Crippen molar-refractivity contribution in [2.75, 3.05) is 12.0 Å². The van der Waals surface area contributed by atoms with Crippen LogP contribution in [0.3, 0.4) is 0 Å². The van der Waals surface area contributed by atoms with E-state index in [1.165, 1.54) is 5.56 Å². The van der Waals surface area contributed by atoms with Crippen LogP contribution in [0.15, 0.2) is 30.3 Å². The second-order valence-corrected chi connectivity index (χ2v) is 6.28. The number of carbonyl (C=O) groups is 1. The molecule has 2 rings (SSSR count). The van der Waals surface area contributed by atoms with E-state index in [1.807, 2.05) is 23.1 Å². The highest BCUT2D eigenvalue weighted by Gasteiger charge is 2.41. The molecule has 0 radical (unpaired) electrons. The standard InChI is InChI=1S/C16H24N2OS/c1-4-8-14-16(19)18(12(2)11-20-3)15(17-14)13-9-6-5-7-10-13/h5-7,9-10,12,14-15,17H,4,8,11H2,1-3H3. The first kappa shape index (κ1) is 15.4. The van der Waals surface area contributed by atoms with Crippen molar-refractivity contribution in [3.63, 3.8) is 0 Å². The zero-order chi connectivity index (χ0) is 14.5. The molecule has 1 aromatic carbocycles. The fourth-order valence-electron chi connectivity index (χ4n) is 2.83. The molecule has 110 valence electrons. The predicted molar refractivity (Wildman–Crippen MR) is 85.7 cm³/mol. The van der Waals surface area contributed by atoms with Crippen LogP contribution in [0.5, 0.6) is 0 Å². The van der Waals surface area contributed by atoms with Gasteiger partial charge in [-0.25, -0.2) is 0 Å². The molecule has 0 bridgehead atoms. The van der Waals surface area contributed by atoms with E-state index in [2.05, 4.69) is 37.6 Å². The maximum atomic E-state index is 12.6. The van der Waals surface area contributed by atoms with Gasteiger partial charge in [-0.2, -0.15) is 11.8 Å². The molecule has 0 spiro atoms. The Morgan fingerprint density at radius 3 is 2.65 bits per heavy atom. The van der Waals surface area contributed by atoms with Gasteiger partial charge in [0.25, 0.3) is 0 Å². The van der Waals surface area contributed by atoms with E-state index in [9.17, 15) is 4.79 Å². The van der Waals surface area contributed by atoms with Gasteiger partial charge < -0.3 is 4.90 Å². The second-order valence-electron chi connectivity index (χ2n) is 5.37. The normalized spacial score (nSPS) is 24.1. The van der Waals surface area contributed by atoms with Crippen molar-refractivity contribution in [2.45, 2.75) is 44.9 Å². The molecule has 0 aliphatic carbocycles. The van der Waals surface area contributed by atoms with Gasteiger partial charge in [-0.1, -0.05) is 43.7 Å². The average Bonchev–Trinajstić information content (AvgIpc) is 2.78. The van der Waals surface area contributed by atoms with Crippen LogP contribution in [0.2, 0.25) is 0 Å². The molecular weight excluding hydrogens is 268 g/mol. The fourth-order valence-corrected chi connectivity index (χ4v) is 3.47. The molecule has 1 aromatic rings. The Bertz CT molecular complexity index is 437. The van der Waals surface area contributed by atoms with E-state index in [0.717, 1.165) is 18.6 Å². The number of hydrogen-bond acceptors (Lipinski definition) is 3. The van der Waals surface area contributed by atoms with Crippen molar-refractivity contribution in [2.24, 2.45) is 0 Å². The number of amides is 1. The molecule has 1 amide bonds. The van der Waals surface area contributed by atoms with E-state index >= 15 is 0 Å². The summed E-state index contributed by atoms with van der Waals surface area (Å²) in [7, 11) is 0. The van der Waals surface area contributed by atoms with E-state index in [1.54, 1.807) is 11.8 Å². The summed E-state index contributed by atoms with van der Waals surface area (Å²) in [4.78, 5) is 14.7. The lowest BCUT2D eigenvalue weighted by Gasteiger charge is -2.30. The quantitative estimate of drug-likeness (QED) is 0.874. The summed E-state index contributed by atoms with van der Waals surface area (Å²) in [5, 5.41) is 3.51. The van der Waals surface area contributed by atoms with Gasteiger partial charge in [0.2, 0.25) is 5.91 Å². The lowest BCUT2D eigenvalue weighted by atomic mass is 10.1. The summed E-state index contributed by atoms with van der Waals surface area (Å²) in [6.45, 7) is 4.26. The van der Waals surface area contributed by atoms with E-state index in [4.69, 9.17) is 0 Å². The first-order valence-electron chi connectivity index (χ1n) is 7.31. The van der Waals surface area contributed by atoms with Crippen LogP contribution in [-0.2, 0) is 4.79 Å². The van der Waals surface area contributed by atoms with Crippen LogP contribution < -0.4 is 5.32 Å². The maximum absolute atomic E-state index is 12.6. The smallest absolute Gasteiger partial charge is 0.241 e. The number of thioether (sulfide) groups is 1. The Balaban J connectivity index is 2.25. The molecule has 0 saturated carbocycles. The average molecular weight is 292 g/mol. The molecule has 20 heavy (non-hydrogen) atoms. The number of benzene rings is 1. The summed E-state index contributed by atoms with van der Waals surface area (Å²) < 4.78 is 0. The molecule has 1 fully saturated rings. The molecule has 1 aliphatic heterocycles. The Labute approximate surface area is 126 Å². The van der Waals surface area contributed by atoms with Gasteiger partial charge in [-0.3, -0.25) is 10.1 Å². The molecule has 3 nitrogen and oxygen atoms in total. The van der Waals surface area contributed by atoms with Gasteiger partial charge in [-0.15, -0.1) is 0 Å². The van der Waals surface area contributed by atoms with E-state index in [-0.39, 0.29) is 24.2 Å². The minimum absolute atomic E-state index is 0.0161. The molecule has 1 aliphatic rings. The zero-order valence-electron chi connectivity index (χ0n) is 12.5. The van der Waals surface area contributed by atoms with Gasteiger partial charge in [-0.05, 0) is 25.2 Å². The Kier molecular flexibility index (Phi) is 5.49. The third kappa shape index (κ3) is 3.18. The third-order valence-electron chi connectivity index (χ3n) is 3.77. The molecular formula is C16H24N2OS. The van der Waals surface area contributed by atoms with Gasteiger partial charge in [0.1, 0.15) is 6.17 Å². The van der Waals surface area contributed by atoms with Crippen LogP contribution in [0.4, 0.5) is 0 Å². The van der Waals surface area contributed by atoms with Crippen molar-refractivity contribution in [1.29, 1.82) is 0 Å². The molecule has 1 saturated heterocycles. The number of nitrogens with zero attached hydrogens (tertiary/aromatic N) is 1. The molecule has 1 N–H and O–H groups in total. The minimum atomic E-state index is -0.0329. The summed E-state index contributed by atoms with van der Waals surface area (Å²) in [5.41, 5.74) is 1.17. The molecule has 0 aromatic heterocycles. The summed E-state index contributed by atoms with van der Waals surface area (Å²) in [6.07, 6.45) is 4.04. The Morgan fingerprint density at radius 2 is 2.05 bits per heavy atom. The third-order valence-corrected chi connectivity index (χ3v) is 4.58. The Morgan fingerprint density at radius 1 is 1.35 bits per heavy atom. The highest BCUT2D eigenvalue weighted by Crippen LogP contribution is 2.29. The zero-order valence-corrected chi connectivity index (χ0v) is 13.3. The van der Waals surface area contributed by atoms with Gasteiger partial charge >= 0.3 is 0 Å². The molecule has 4 heteroatoms. The van der Waals surface area contributed by atoms with Crippen molar-refractivity contribution < 1.29 is 4.79 Å². The van der Waals surface area contributed by atoms with Crippen molar-refractivity contribution in [1.82, 2.24) is 10.2 Å². The highest BCUT2D eigenvalue weighted by atomic mass is 32.2. The Hall–Kier alpha value is -1.00. The van der Waals surface area contributed by atoms with Crippen LogP contribution in [0, 0.1) is 0 Å². The maximum Gasteiger partial charge on any atom is 0.241 e. The van der Waals surface area contributed by atoms with Crippen molar-refractivity contribution in [3.05, 3.63) is 35.9 Å². The largest absolute Gasteiger partial charge is 0.318 e. The van der Waals surface area contributed by atoms with Crippen LogP contribution in [0.25, 0.3) is 0 Å². The van der Waals surface area contributed by atoms with Crippen LogP contribution in [-0.4, -0.2) is 34.9 Å². The lowest BCUT2D eigenvalue weighted by molar-refractivity contribution is -0.131. The molecule has 1 heterocycles. The minimum Gasteiger partial charge on any atom is -0.318 e. The van der Waals surface area contributed by atoms with Gasteiger partial charge in [0, 0.05) is 11.8 Å². The first-order chi connectivity index (χ1) is 9.69. The van der Waals surface area contributed by atoms with Gasteiger partial charge in [0.05, 0.1) is 6.04 Å². The second kappa shape index (κ2) is 7.14. The summed E-state index contributed by atoms with van der Waals surface area (Å²) in [6, 6.07) is 10.5. The lowest BCUT2D eigenvalue weighted by Crippen LogP contribution is -2.39. The topological polar surface area (TPSA) is 32.3 Å². The summed E-state index contributed by atoms with van der Waals surface area (Å²) in [5.74, 6) is 1.22. The van der Waals surface area contributed by atoms with E-state index < -0.39 is 0 Å².